The standard InChI is InChI=1S/C7H11ClFN/c8-7(9)5-6(7)1-3-10-4-2-6/h10H,1-5H2. The summed E-state index contributed by atoms with van der Waals surface area (Å²) in [6.45, 7) is 1.86. The lowest BCUT2D eigenvalue weighted by Crippen LogP contribution is -2.31. The smallest absolute Gasteiger partial charge is 0.190 e. The molecule has 1 spiro atoms. The van der Waals surface area contributed by atoms with Crippen LogP contribution in [0.3, 0.4) is 0 Å². The third-order valence-electron chi connectivity index (χ3n) is 2.77. The molecule has 0 aromatic heterocycles. The molecule has 1 nitrogen and oxygen atoms in total. The molecule has 0 bridgehead atoms. The van der Waals surface area contributed by atoms with Crippen LogP contribution in [0.25, 0.3) is 0 Å². The Morgan fingerprint density at radius 2 is 1.80 bits per heavy atom. The van der Waals surface area contributed by atoms with Crippen molar-refractivity contribution < 1.29 is 4.39 Å². The van der Waals surface area contributed by atoms with Crippen molar-refractivity contribution in [2.75, 3.05) is 13.1 Å². The minimum atomic E-state index is -1.35. The van der Waals surface area contributed by atoms with E-state index in [1.54, 1.807) is 0 Å². The SMILES string of the molecule is FC1(Cl)CC12CCNCC2. The van der Waals surface area contributed by atoms with Crippen LogP contribution >= 0.6 is 11.6 Å². The molecule has 0 amide bonds. The fraction of sp³-hybridized carbons (Fsp3) is 1.00. The summed E-state index contributed by atoms with van der Waals surface area (Å²) in [4.78, 5) is 0. The third kappa shape index (κ3) is 0.785. The lowest BCUT2D eigenvalue weighted by molar-refractivity contribution is 0.256. The summed E-state index contributed by atoms with van der Waals surface area (Å²) in [6.07, 6.45) is 2.39. The highest BCUT2D eigenvalue weighted by Crippen LogP contribution is 2.66. The number of hydrogen-bond donors (Lipinski definition) is 1. The molecule has 0 aromatic carbocycles. The molecule has 2 aliphatic rings. The number of halogens is 2. The summed E-state index contributed by atoms with van der Waals surface area (Å²) in [7, 11) is 0. The van der Waals surface area contributed by atoms with E-state index in [0.717, 1.165) is 25.9 Å². The Hall–Kier alpha value is 0.180. The Morgan fingerprint density at radius 3 is 2.10 bits per heavy atom. The molecule has 1 unspecified atom stereocenters. The van der Waals surface area contributed by atoms with Crippen LogP contribution in [0.2, 0.25) is 0 Å². The fourth-order valence-electron chi connectivity index (χ4n) is 1.83. The molecule has 1 N–H and O–H groups in total. The molecule has 1 aliphatic heterocycles. The first kappa shape index (κ1) is 6.86. The van der Waals surface area contributed by atoms with E-state index in [4.69, 9.17) is 11.6 Å². The molecule has 2 rings (SSSR count). The van der Waals surface area contributed by atoms with Crippen molar-refractivity contribution in [1.82, 2.24) is 5.32 Å². The zero-order valence-electron chi connectivity index (χ0n) is 5.79. The first-order valence-corrected chi connectivity index (χ1v) is 4.13. The summed E-state index contributed by atoms with van der Waals surface area (Å²) >= 11 is 5.58. The maximum atomic E-state index is 13.1. The lowest BCUT2D eigenvalue weighted by Gasteiger charge is -2.22. The van der Waals surface area contributed by atoms with Crippen LogP contribution in [0.1, 0.15) is 19.3 Å². The largest absolute Gasteiger partial charge is 0.317 e. The van der Waals surface area contributed by atoms with Gasteiger partial charge in [0.05, 0.1) is 0 Å². The lowest BCUT2D eigenvalue weighted by atomic mass is 9.95. The molecule has 1 saturated heterocycles. The molecule has 0 radical (unpaired) electrons. The van der Waals surface area contributed by atoms with Gasteiger partial charge in [-0.15, -0.1) is 0 Å². The van der Waals surface area contributed by atoms with Crippen molar-refractivity contribution in [3.8, 4) is 0 Å². The van der Waals surface area contributed by atoms with E-state index in [2.05, 4.69) is 5.32 Å². The van der Waals surface area contributed by atoms with Gasteiger partial charge in [0.1, 0.15) is 0 Å². The average molecular weight is 164 g/mol. The first-order valence-electron chi connectivity index (χ1n) is 3.75. The van der Waals surface area contributed by atoms with Gasteiger partial charge in [0.2, 0.25) is 0 Å². The average Bonchev–Trinajstić information content (AvgIpc) is 2.36. The normalized spacial score (nSPS) is 43.8. The predicted octanol–water partition coefficient (Wildman–Crippen LogP) is 1.66. The van der Waals surface area contributed by atoms with Crippen molar-refractivity contribution >= 4 is 11.6 Å². The fourth-order valence-corrected chi connectivity index (χ4v) is 2.27. The van der Waals surface area contributed by atoms with Gasteiger partial charge in [0.15, 0.2) is 5.13 Å². The summed E-state index contributed by atoms with van der Waals surface area (Å²) in [5.41, 5.74) is -0.139. The van der Waals surface area contributed by atoms with Gasteiger partial charge in [-0.3, -0.25) is 0 Å². The number of rotatable bonds is 0. The first-order chi connectivity index (χ1) is 4.66. The third-order valence-corrected chi connectivity index (χ3v) is 3.31. The maximum Gasteiger partial charge on any atom is 0.190 e. The second-order valence-corrected chi connectivity index (χ2v) is 4.01. The molecular weight excluding hydrogens is 153 g/mol. The van der Waals surface area contributed by atoms with Gasteiger partial charge < -0.3 is 5.32 Å². The second-order valence-electron chi connectivity index (χ2n) is 3.41. The summed E-state index contributed by atoms with van der Waals surface area (Å²) in [6, 6.07) is 0. The molecule has 1 atom stereocenters. The Bertz CT molecular complexity index is 152. The highest BCUT2D eigenvalue weighted by molar-refractivity contribution is 6.25. The molecule has 58 valence electrons. The van der Waals surface area contributed by atoms with Gasteiger partial charge in [-0.2, -0.15) is 0 Å². The highest BCUT2D eigenvalue weighted by Gasteiger charge is 2.67. The number of hydrogen-bond acceptors (Lipinski definition) is 1. The molecular formula is C7H11ClFN. The van der Waals surface area contributed by atoms with E-state index < -0.39 is 5.13 Å². The van der Waals surface area contributed by atoms with E-state index in [9.17, 15) is 4.39 Å². The van der Waals surface area contributed by atoms with Crippen molar-refractivity contribution in [3.63, 3.8) is 0 Å². The molecule has 10 heavy (non-hydrogen) atoms. The molecule has 2 fully saturated rings. The molecule has 3 heteroatoms. The van der Waals surface area contributed by atoms with Gasteiger partial charge in [-0.1, -0.05) is 11.6 Å². The van der Waals surface area contributed by atoms with E-state index in [1.807, 2.05) is 0 Å². The Kier molecular flexibility index (Phi) is 1.28. The molecule has 1 saturated carbocycles. The number of nitrogens with one attached hydrogen (secondary N) is 1. The van der Waals surface area contributed by atoms with Crippen LogP contribution in [0, 0.1) is 5.41 Å². The molecule has 1 aliphatic carbocycles. The Morgan fingerprint density at radius 1 is 1.30 bits per heavy atom. The van der Waals surface area contributed by atoms with Crippen LogP contribution in [0.5, 0.6) is 0 Å². The zero-order valence-corrected chi connectivity index (χ0v) is 6.55. The van der Waals surface area contributed by atoms with Crippen LogP contribution in [0.4, 0.5) is 4.39 Å². The summed E-state index contributed by atoms with van der Waals surface area (Å²) < 4.78 is 13.1. The number of alkyl halides is 2. The zero-order chi connectivity index (χ0) is 7.24. The Balaban J connectivity index is 2.05. The summed E-state index contributed by atoms with van der Waals surface area (Å²) in [5, 5.41) is 1.84. The second kappa shape index (κ2) is 1.86. The van der Waals surface area contributed by atoms with E-state index >= 15 is 0 Å². The van der Waals surface area contributed by atoms with Crippen molar-refractivity contribution in [2.24, 2.45) is 5.41 Å². The highest BCUT2D eigenvalue weighted by atomic mass is 35.5. The summed E-state index contributed by atoms with van der Waals surface area (Å²) in [5.74, 6) is 0. The van der Waals surface area contributed by atoms with Crippen LogP contribution in [-0.2, 0) is 0 Å². The van der Waals surface area contributed by atoms with Gasteiger partial charge in [-0.25, -0.2) is 4.39 Å². The quantitative estimate of drug-likeness (QED) is 0.536. The van der Waals surface area contributed by atoms with Gasteiger partial charge >= 0.3 is 0 Å². The van der Waals surface area contributed by atoms with Gasteiger partial charge in [0, 0.05) is 11.8 Å². The van der Waals surface area contributed by atoms with Crippen LogP contribution < -0.4 is 5.32 Å². The predicted molar refractivity (Wildman–Crippen MR) is 38.8 cm³/mol. The topological polar surface area (TPSA) is 12.0 Å². The minimum Gasteiger partial charge on any atom is -0.317 e. The minimum absolute atomic E-state index is 0.139. The van der Waals surface area contributed by atoms with E-state index in [1.165, 1.54) is 0 Å². The van der Waals surface area contributed by atoms with Crippen LogP contribution in [0.15, 0.2) is 0 Å². The maximum absolute atomic E-state index is 13.1. The molecule has 1 heterocycles. The van der Waals surface area contributed by atoms with Gasteiger partial charge in [0.25, 0.3) is 0 Å². The van der Waals surface area contributed by atoms with Crippen molar-refractivity contribution in [2.45, 2.75) is 24.4 Å². The monoisotopic (exact) mass is 163 g/mol. The van der Waals surface area contributed by atoms with Crippen molar-refractivity contribution in [1.29, 1.82) is 0 Å². The van der Waals surface area contributed by atoms with E-state index in [0.29, 0.717) is 6.42 Å². The Labute approximate surface area is 64.9 Å². The van der Waals surface area contributed by atoms with Gasteiger partial charge in [-0.05, 0) is 25.9 Å². The van der Waals surface area contributed by atoms with Crippen molar-refractivity contribution in [3.05, 3.63) is 0 Å². The van der Waals surface area contributed by atoms with E-state index in [-0.39, 0.29) is 5.41 Å². The van der Waals surface area contributed by atoms with Crippen LogP contribution in [-0.4, -0.2) is 18.2 Å². The number of piperidine rings is 1. The molecule has 0 aromatic rings.